The Labute approximate surface area is 99.5 Å². The van der Waals surface area contributed by atoms with Crippen molar-refractivity contribution in [2.24, 2.45) is 5.92 Å². The van der Waals surface area contributed by atoms with E-state index in [0.29, 0.717) is 12.0 Å². The number of aryl methyl sites for hydroxylation is 1. The first-order valence-corrected chi connectivity index (χ1v) is 6.35. The smallest absolute Gasteiger partial charge is 0.0372 e. The highest BCUT2D eigenvalue weighted by Gasteiger charge is 2.17. The lowest BCUT2D eigenvalue weighted by Gasteiger charge is -2.24. The van der Waals surface area contributed by atoms with E-state index in [-0.39, 0.29) is 0 Å². The maximum absolute atomic E-state index is 4.38. The Morgan fingerprint density at radius 3 is 2.56 bits per heavy atom. The topological polar surface area (TPSA) is 24.9 Å². The lowest BCUT2D eigenvalue weighted by atomic mass is 9.92. The molecule has 1 heterocycles. The van der Waals surface area contributed by atoms with Crippen LogP contribution in [0.3, 0.4) is 0 Å². The fourth-order valence-corrected chi connectivity index (χ4v) is 2.15. The van der Waals surface area contributed by atoms with Crippen LogP contribution in [-0.2, 0) is 0 Å². The van der Waals surface area contributed by atoms with Crippen LogP contribution < -0.4 is 5.32 Å². The molecule has 0 aromatic carbocycles. The first-order valence-electron chi connectivity index (χ1n) is 6.35. The zero-order valence-electron chi connectivity index (χ0n) is 11.0. The summed E-state index contributed by atoms with van der Waals surface area (Å²) < 4.78 is 0. The second-order valence-corrected chi connectivity index (χ2v) is 4.53. The summed E-state index contributed by atoms with van der Waals surface area (Å²) in [7, 11) is 0. The van der Waals surface area contributed by atoms with Crippen LogP contribution in [-0.4, -0.2) is 11.5 Å². The Bertz CT molecular complexity index is 292. The van der Waals surface area contributed by atoms with Crippen molar-refractivity contribution in [2.45, 2.75) is 46.6 Å². The Morgan fingerprint density at radius 2 is 2.06 bits per heavy atom. The summed E-state index contributed by atoms with van der Waals surface area (Å²) in [6.45, 7) is 9.75. The third-order valence-corrected chi connectivity index (χ3v) is 3.03. The molecule has 1 aromatic rings. The quantitative estimate of drug-likeness (QED) is 0.794. The van der Waals surface area contributed by atoms with Crippen molar-refractivity contribution in [1.29, 1.82) is 0 Å². The second-order valence-electron chi connectivity index (χ2n) is 4.53. The highest BCUT2D eigenvalue weighted by molar-refractivity contribution is 5.17. The first-order chi connectivity index (χ1) is 7.69. The maximum Gasteiger partial charge on any atom is 0.0372 e. The van der Waals surface area contributed by atoms with E-state index in [9.17, 15) is 0 Å². The normalized spacial score (nSPS) is 14.8. The summed E-state index contributed by atoms with van der Waals surface area (Å²) in [5.41, 5.74) is 2.40. The van der Waals surface area contributed by atoms with Gasteiger partial charge in [-0.3, -0.25) is 4.98 Å². The van der Waals surface area contributed by atoms with Crippen molar-refractivity contribution in [1.82, 2.24) is 10.3 Å². The second kappa shape index (κ2) is 6.64. The molecule has 1 N–H and O–H groups in total. The number of nitrogens with zero attached hydrogens (tertiary/aromatic N) is 1. The largest absolute Gasteiger partial charge is 0.310 e. The molecule has 1 aromatic heterocycles. The molecule has 1 rings (SSSR count). The molecular weight excluding hydrogens is 196 g/mol. The molecule has 0 saturated carbocycles. The van der Waals surface area contributed by atoms with E-state index in [2.05, 4.69) is 43.2 Å². The van der Waals surface area contributed by atoms with Gasteiger partial charge in [-0.15, -0.1) is 0 Å². The summed E-state index contributed by atoms with van der Waals surface area (Å²) in [6, 6.07) is 4.73. The summed E-state index contributed by atoms with van der Waals surface area (Å²) in [5.74, 6) is 0.662. The van der Waals surface area contributed by atoms with Crippen molar-refractivity contribution in [3.8, 4) is 0 Å². The van der Waals surface area contributed by atoms with Gasteiger partial charge >= 0.3 is 0 Å². The van der Waals surface area contributed by atoms with Gasteiger partial charge in [0.2, 0.25) is 0 Å². The summed E-state index contributed by atoms with van der Waals surface area (Å²) in [5, 5.41) is 3.56. The number of pyridine rings is 1. The third kappa shape index (κ3) is 3.60. The zero-order chi connectivity index (χ0) is 12.0. The molecule has 0 spiro atoms. The number of hydrogen-bond donors (Lipinski definition) is 1. The Balaban J connectivity index is 2.79. The first kappa shape index (κ1) is 13.2. The van der Waals surface area contributed by atoms with Crippen molar-refractivity contribution >= 4 is 0 Å². The molecule has 2 nitrogen and oxygen atoms in total. The molecule has 0 bridgehead atoms. The number of aromatic nitrogens is 1. The predicted octanol–water partition coefficient (Wildman–Crippen LogP) is 3.48. The van der Waals surface area contributed by atoms with E-state index in [1.807, 2.05) is 13.1 Å². The van der Waals surface area contributed by atoms with Crippen LogP contribution >= 0.6 is 0 Å². The van der Waals surface area contributed by atoms with Gasteiger partial charge in [-0.05, 0) is 37.4 Å². The van der Waals surface area contributed by atoms with Crippen LogP contribution in [0, 0.1) is 12.8 Å². The van der Waals surface area contributed by atoms with E-state index < -0.39 is 0 Å². The van der Waals surface area contributed by atoms with Gasteiger partial charge in [0.05, 0.1) is 0 Å². The third-order valence-electron chi connectivity index (χ3n) is 3.03. The van der Waals surface area contributed by atoms with Crippen LogP contribution in [0.5, 0.6) is 0 Å². The molecule has 0 saturated heterocycles. The molecule has 0 aliphatic rings. The highest BCUT2D eigenvalue weighted by Crippen LogP contribution is 2.24. The Hall–Kier alpha value is -0.890. The molecule has 16 heavy (non-hydrogen) atoms. The average Bonchev–Trinajstić information content (AvgIpc) is 2.28. The molecule has 0 fully saturated rings. The fraction of sp³-hybridized carbons (Fsp3) is 0.643. The molecule has 90 valence electrons. The highest BCUT2D eigenvalue weighted by atomic mass is 14.9. The number of rotatable bonds is 6. The van der Waals surface area contributed by atoms with E-state index in [0.717, 1.165) is 12.2 Å². The van der Waals surface area contributed by atoms with E-state index in [1.165, 1.54) is 18.4 Å². The molecular formula is C14H24N2. The van der Waals surface area contributed by atoms with Crippen molar-refractivity contribution in [3.63, 3.8) is 0 Å². The molecule has 2 heteroatoms. The lowest BCUT2D eigenvalue weighted by Crippen LogP contribution is -2.27. The minimum Gasteiger partial charge on any atom is -0.310 e. The minimum atomic E-state index is 0.443. The molecule has 0 aliphatic heterocycles. The average molecular weight is 220 g/mol. The minimum absolute atomic E-state index is 0.443. The van der Waals surface area contributed by atoms with E-state index in [4.69, 9.17) is 0 Å². The summed E-state index contributed by atoms with van der Waals surface area (Å²) >= 11 is 0. The zero-order valence-corrected chi connectivity index (χ0v) is 11.0. The maximum atomic E-state index is 4.38. The van der Waals surface area contributed by atoms with Crippen LogP contribution in [0.25, 0.3) is 0 Å². The van der Waals surface area contributed by atoms with Crippen molar-refractivity contribution < 1.29 is 0 Å². The van der Waals surface area contributed by atoms with Gasteiger partial charge in [0.1, 0.15) is 0 Å². The summed E-state index contributed by atoms with van der Waals surface area (Å²) in [6.07, 6.45) is 4.50. The van der Waals surface area contributed by atoms with Gasteiger partial charge < -0.3 is 5.32 Å². The predicted molar refractivity (Wildman–Crippen MR) is 69.5 cm³/mol. The van der Waals surface area contributed by atoms with Crippen molar-refractivity contribution in [3.05, 3.63) is 29.6 Å². The van der Waals surface area contributed by atoms with Crippen molar-refractivity contribution in [2.75, 3.05) is 6.54 Å². The number of hydrogen-bond acceptors (Lipinski definition) is 2. The molecule has 2 atom stereocenters. The SMILES string of the molecule is CCCC(C)C(NCC)c1ccc(C)nc1. The van der Waals surface area contributed by atoms with Gasteiger partial charge in [0.25, 0.3) is 0 Å². The van der Waals surface area contributed by atoms with Gasteiger partial charge in [-0.2, -0.15) is 0 Å². The van der Waals surface area contributed by atoms with Crippen LogP contribution in [0.4, 0.5) is 0 Å². The molecule has 2 unspecified atom stereocenters. The van der Waals surface area contributed by atoms with Gasteiger partial charge in [-0.25, -0.2) is 0 Å². The van der Waals surface area contributed by atoms with Crippen LogP contribution in [0.15, 0.2) is 18.3 Å². The monoisotopic (exact) mass is 220 g/mol. The summed E-state index contributed by atoms with van der Waals surface area (Å²) in [4.78, 5) is 4.38. The van der Waals surface area contributed by atoms with E-state index >= 15 is 0 Å². The standard InChI is InChI=1S/C14H24N2/c1-5-7-11(3)14(15-6-2)13-9-8-12(4)16-10-13/h8-11,14-15H,5-7H2,1-4H3. The molecule has 0 radical (unpaired) electrons. The number of nitrogens with one attached hydrogen (secondary N) is 1. The lowest BCUT2D eigenvalue weighted by molar-refractivity contribution is 0.368. The molecule has 0 aliphatic carbocycles. The van der Waals surface area contributed by atoms with Crippen LogP contribution in [0.1, 0.15) is 50.9 Å². The van der Waals surface area contributed by atoms with E-state index in [1.54, 1.807) is 0 Å². The van der Waals surface area contributed by atoms with Gasteiger partial charge in [-0.1, -0.05) is 33.3 Å². The van der Waals surface area contributed by atoms with Gasteiger partial charge in [0, 0.05) is 17.9 Å². The fourth-order valence-electron chi connectivity index (χ4n) is 2.15. The molecule has 0 amide bonds. The van der Waals surface area contributed by atoms with Crippen LogP contribution in [0.2, 0.25) is 0 Å². The Morgan fingerprint density at radius 1 is 1.31 bits per heavy atom. The Kier molecular flexibility index (Phi) is 5.47. The van der Waals surface area contributed by atoms with Gasteiger partial charge in [0.15, 0.2) is 0 Å².